The molecule has 164 valence electrons. The molecule has 0 aromatic heterocycles. The van der Waals surface area contributed by atoms with Gasteiger partial charge in [0.1, 0.15) is 5.75 Å². The molecule has 1 saturated carbocycles. The van der Waals surface area contributed by atoms with E-state index >= 15 is 0 Å². The Morgan fingerprint density at radius 2 is 1.39 bits per heavy atom. The molecular formula is C15H21F5O7S. The van der Waals surface area contributed by atoms with Crippen LogP contribution in [0.3, 0.4) is 0 Å². The van der Waals surface area contributed by atoms with E-state index in [2.05, 4.69) is 9.47 Å². The second-order valence-electron chi connectivity index (χ2n) is 6.80. The standard InChI is InChI=1S/C15H21F5O7S/c1-8(14(2,16)17)26-12(21)9-3-5-10(6-4-9)13(22)27-11(15(18,19)20)7-28(23,24)25/h8-11H,3-7H2,1-2H3,(H,23,24,25). The molecule has 1 N–H and O–H groups in total. The molecule has 0 amide bonds. The van der Waals surface area contributed by atoms with Crippen LogP contribution in [0.4, 0.5) is 22.0 Å². The van der Waals surface area contributed by atoms with Gasteiger partial charge in [-0.3, -0.25) is 14.1 Å². The predicted molar refractivity (Wildman–Crippen MR) is 84.0 cm³/mol. The molecule has 1 fully saturated rings. The van der Waals surface area contributed by atoms with Gasteiger partial charge in [-0.1, -0.05) is 0 Å². The molecule has 0 aromatic carbocycles. The first-order valence-electron chi connectivity index (χ1n) is 8.31. The van der Waals surface area contributed by atoms with Crippen LogP contribution in [0.2, 0.25) is 0 Å². The molecule has 1 aliphatic carbocycles. The number of esters is 2. The Bertz CT molecular complexity index is 663. The average molecular weight is 440 g/mol. The summed E-state index contributed by atoms with van der Waals surface area (Å²) in [6, 6.07) is 0. The Morgan fingerprint density at radius 1 is 1.00 bits per heavy atom. The first-order valence-corrected chi connectivity index (χ1v) is 9.92. The predicted octanol–water partition coefficient (Wildman–Crippen LogP) is 2.74. The van der Waals surface area contributed by atoms with Crippen LogP contribution in [0.5, 0.6) is 0 Å². The van der Waals surface area contributed by atoms with Gasteiger partial charge in [0.25, 0.3) is 16.0 Å². The lowest BCUT2D eigenvalue weighted by Gasteiger charge is -2.29. The van der Waals surface area contributed by atoms with Crippen LogP contribution in [-0.4, -0.2) is 55.0 Å². The van der Waals surface area contributed by atoms with Gasteiger partial charge in [0, 0.05) is 6.92 Å². The molecular weight excluding hydrogens is 419 g/mol. The van der Waals surface area contributed by atoms with E-state index in [1.807, 2.05) is 0 Å². The summed E-state index contributed by atoms with van der Waals surface area (Å²) in [6.07, 6.45) is -9.99. The van der Waals surface area contributed by atoms with Crippen LogP contribution < -0.4 is 0 Å². The monoisotopic (exact) mass is 440 g/mol. The van der Waals surface area contributed by atoms with Crippen molar-refractivity contribution in [1.82, 2.24) is 0 Å². The van der Waals surface area contributed by atoms with Crippen molar-refractivity contribution in [3.63, 3.8) is 0 Å². The van der Waals surface area contributed by atoms with Crippen molar-refractivity contribution in [3.8, 4) is 0 Å². The molecule has 1 rings (SSSR count). The second kappa shape index (κ2) is 8.89. The average Bonchev–Trinajstić information content (AvgIpc) is 2.51. The van der Waals surface area contributed by atoms with Crippen molar-refractivity contribution in [2.75, 3.05) is 5.75 Å². The summed E-state index contributed by atoms with van der Waals surface area (Å²) in [5.74, 6) is -9.08. The molecule has 0 radical (unpaired) electrons. The van der Waals surface area contributed by atoms with Gasteiger partial charge in [0.05, 0.1) is 11.8 Å². The number of rotatable bonds is 7. The zero-order valence-electron chi connectivity index (χ0n) is 15.0. The van der Waals surface area contributed by atoms with Gasteiger partial charge in [0.2, 0.25) is 6.10 Å². The maximum absolute atomic E-state index is 13.1. The van der Waals surface area contributed by atoms with E-state index in [0.29, 0.717) is 6.92 Å². The molecule has 7 nitrogen and oxygen atoms in total. The van der Waals surface area contributed by atoms with E-state index in [9.17, 15) is 40.0 Å². The molecule has 0 bridgehead atoms. The molecule has 0 aromatic rings. The molecule has 0 spiro atoms. The summed E-state index contributed by atoms with van der Waals surface area (Å²) in [4.78, 5) is 23.8. The summed E-state index contributed by atoms with van der Waals surface area (Å²) in [5.41, 5.74) is 0. The summed E-state index contributed by atoms with van der Waals surface area (Å²) in [7, 11) is -5.05. The van der Waals surface area contributed by atoms with Crippen molar-refractivity contribution in [2.45, 2.75) is 63.8 Å². The number of alkyl halides is 5. The molecule has 0 aliphatic heterocycles. The molecule has 1 aliphatic rings. The van der Waals surface area contributed by atoms with Crippen molar-refractivity contribution >= 4 is 22.1 Å². The lowest BCUT2D eigenvalue weighted by atomic mass is 9.82. The minimum Gasteiger partial charge on any atom is -0.456 e. The van der Waals surface area contributed by atoms with Gasteiger partial charge in [-0.25, -0.2) is 8.78 Å². The minimum absolute atomic E-state index is 0.00951. The Morgan fingerprint density at radius 3 is 1.71 bits per heavy atom. The highest BCUT2D eigenvalue weighted by molar-refractivity contribution is 7.85. The minimum atomic E-state index is -5.20. The van der Waals surface area contributed by atoms with Crippen molar-refractivity contribution in [2.24, 2.45) is 11.8 Å². The Kier molecular flexibility index (Phi) is 7.79. The maximum Gasteiger partial charge on any atom is 0.426 e. The Hall–Kier alpha value is -1.50. The molecule has 2 unspecified atom stereocenters. The highest BCUT2D eigenvalue weighted by Gasteiger charge is 2.46. The third-order valence-corrected chi connectivity index (χ3v) is 5.11. The summed E-state index contributed by atoms with van der Waals surface area (Å²) < 4.78 is 103. The van der Waals surface area contributed by atoms with E-state index < -0.39 is 64.0 Å². The molecule has 0 heterocycles. The second-order valence-corrected chi connectivity index (χ2v) is 8.30. The van der Waals surface area contributed by atoms with Crippen LogP contribution >= 0.6 is 0 Å². The quantitative estimate of drug-likeness (QED) is 0.369. The zero-order chi connectivity index (χ0) is 21.9. The summed E-state index contributed by atoms with van der Waals surface area (Å²) in [6.45, 7) is 1.61. The first-order chi connectivity index (χ1) is 12.5. The van der Waals surface area contributed by atoms with Gasteiger partial charge in [0.15, 0.2) is 6.10 Å². The van der Waals surface area contributed by atoms with Gasteiger partial charge >= 0.3 is 18.1 Å². The third kappa shape index (κ3) is 7.86. The third-order valence-electron chi connectivity index (χ3n) is 4.39. The lowest BCUT2D eigenvalue weighted by molar-refractivity contribution is -0.218. The fourth-order valence-electron chi connectivity index (χ4n) is 2.56. The summed E-state index contributed by atoms with van der Waals surface area (Å²) in [5, 5.41) is 0. The molecule has 2 atom stereocenters. The van der Waals surface area contributed by atoms with Crippen molar-refractivity contribution < 1.29 is 54.0 Å². The van der Waals surface area contributed by atoms with Crippen LogP contribution in [0.25, 0.3) is 0 Å². The van der Waals surface area contributed by atoms with Crippen LogP contribution in [0, 0.1) is 11.8 Å². The molecule has 28 heavy (non-hydrogen) atoms. The fraction of sp³-hybridized carbons (Fsp3) is 0.867. The molecule has 0 saturated heterocycles. The highest BCUT2D eigenvalue weighted by Crippen LogP contribution is 2.33. The highest BCUT2D eigenvalue weighted by atomic mass is 32.2. The SMILES string of the molecule is CC(OC(=O)C1CCC(C(=O)OC(CS(=O)(=O)O)C(F)(F)F)CC1)C(C)(F)F. The van der Waals surface area contributed by atoms with Gasteiger partial charge < -0.3 is 9.47 Å². The van der Waals surface area contributed by atoms with Gasteiger partial charge in [-0.15, -0.1) is 0 Å². The fourth-order valence-corrected chi connectivity index (χ4v) is 3.20. The number of ether oxygens (including phenoxy) is 2. The first kappa shape index (κ1) is 24.5. The summed E-state index contributed by atoms with van der Waals surface area (Å²) >= 11 is 0. The normalized spacial score (nSPS) is 23.6. The van der Waals surface area contributed by atoms with E-state index in [4.69, 9.17) is 4.55 Å². The van der Waals surface area contributed by atoms with E-state index in [0.717, 1.165) is 6.92 Å². The van der Waals surface area contributed by atoms with Gasteiger partial charge in [-0.05, 0) is 32.6 Å². The van der Waals surface area contributed by atoms with E-state index in [1.54, 1.807) is 0 Å². The zero-order valence-corrected chi connectivity index (χ0v) is 15.9. The van der Waals surface area contributed by atoms with Gasteiger partial charge in [-0.2, -0.15) is 21.6 Å². The lowest BCUT2D eigenvalue weighted by Crippen LogP contribution is -2.41. The van der Waals surface area contributed by atoms with Crippen LogP contribution in [0.1, 0.15) is 39.5 Å². The molecule has 13 heteroatoms. The van der Waals surface area contributed by atoms with Crippen molar-refractivity contribution in [1.29, 1.82) is 0 Å². The number of halogens is 5. The number of carbonyl (C=O) groups excluding carboxylic acids is 2. The number of hydrogen-bond acceptors (Lipinski definition) is 6. The largest absolute Gasteiger partial charge is 0.456 e. The van der Waals surface area contributed by atoms with Crippen LogP contribution in [-0.2, 0) is 29.2 Å². The smallest absolute Gasteiger partial charge is 0.426 e. The maximum atomic E-state index is 13.1. The van der Waals surface area contributed by atoms with E-state index in [1.165, 1.54) is 0 Å². The number of hydrogen-bond donors (Lipinski definition) is 1. The van der Waals surface area contributed by atoms with E-state index in [-0.39, 0.29) is 25.7 Å². The Labute approximate surface area is 158 Å². The van der Waals surface area contributed by atoms with Crippen molar-refractivity contribution in [3.05, 3.63) is 0 Å². The topological polar surface area (TPSA) is 107 Å². The number of carbonyl (C=O) groups is 2. The van der Waals surface area contributed by atoms with Crippen LogP contribution in [0.15, 0.2) is 0 Å². The Balaban J connectivity index is 2.62.